The van der Waals surface area contributed by atoms with E-state index in [9.17, 15) is 4.79 Å². The fourth-order valence-corrected chi connectivity index (χ4v) is 2.34. The van der Waals surface area contributed by atoms with Crippen molar-refractivity contribution in [2.45, 2.75) is 25.4 Å². The van der Waals surface area contributed by atoms with Crippen molar-refractivity contribution in [2.75, 3.05) is 7.11 Å². The van der Waals surface area contributed by atoms with Gasteiger partial charge in [-0.2, -0.15) is 0 Å². The lowest BCUT2D eigenvalue weighted by Crippen LogP contribution is -2.32. The minimum atomic E-state index is 0.0569. The van der Waals surface area contributed by atoms with Crippen LogP contribution in [-0.2, 0) is 6.54 Å². The van der Waals surface area contributed by atoms with E-state index in [2.05, 4.69) is 4.98 Å². The molecule has 0 N–H and O–H groups in total. The molecule has 0 atom stereocenters. The van der Waals surface area contributed by atoms with Crippen LogP contribution in [0.5, 0.6) is 5.75 Å². The first-order valence-electron chi connectivity index (χ1n) is 7.12. The number of nitrogens with zero attached hydrogens (tertiary/aromatic N) is 2. The quantitative estimate of drug-likeness (QED) is 0.847. The molecule has 0 saturated heterocycles. The molecule has 1 amide bonds. The first-order valence-corrected chi connectivity index (χ1v) is 7.12. The Hall–Kier alpha value is -2.36. The Kier molecular flexibility index (Phi) is 3.86. The molecular weight excluding hydrogens is 264 g/mol. The summed E-state index contributed by atoms with van der Waals surface area (Å²) in [5.74, 6) is 0.886. The van der Waals surface area contributed by atoms with Crippen LogP contribution in [0.15, 0.2) is 48.8 Å². The zero-order valence-electron chi connectivity index (χ0n) is 12.0. The third-order valence-corrected chi connectivity index (χ3v) is 3.67. The molecule has 1 aliphatic carbocycles. The molecule has 4 nitrogen and oxygen atoms in total. The second-order valence-corrected chi connectivity index (χ2v) is 5.25. The summed E-state index contributed by atoms with van der Waals surface area (Å²) in [6, 6.07) is 11.8. The van der Waals surface area contributed by atoms with Crippen LogP contribution >= 0.6 is 0 Å². The molecule has 1 aromatic heterocycles. The highest BCUT2D eigenvalue weighted by Crippen LogP contribution is 2.30. The minimum Gasteiger partial charge on any atom is -0.497 e. The molecule has 2 aromatic rings. The second kappa shape index (κ2) is 5.95. The van der Waals surface area contributed by atoms with Crippen molar-refractivity contribution >= 4 is 5.91 Å². The number of amides is 1. The summed E-state index contributed by atoms with van der Waals surface area (Å²) in [5.41, 5.74) is 1.76. The summed E-state index contributed by atoms with van der Waals surface area (Å²) >= 11 is 0. The van der Waals surface area contributed by atoms with E-state index in [1.807, 2.05) is 35.2 Å². The van der Waals surface area contributed by atoms with Crippen molar-refractivity contribution in [3.63, 3.8) is 0 Å². The van der Waals surface area contributed by atoms with Gasteiger partial charge in [0.1, 0.15) is 5.75 Å². The Morgan fingerprint density at radius 3 is 2.62 bits per heavy atom. The number of rotatable bonds is 5. The van der Waals surface area contributed by atoms with Gasteiger partial charge in [-0.15, -0.1) is 0 Å². The molecule has 0 spiro atoms. The van der Waals surface area contributed by atoms with Gasteiger partial charge >= 0.3 is 0 Å². The first-order chi connectivity index (χ1) is 10.3. The Bertz CT molecular complexity index is 606. The van der Waals surface area contributed by atoms with Crippen molar-refractivity contribution in [2.24, 2.45) is 0 Å². The molecule has 3 rings (SSSR count). The monoisotopic (exact) mass is 282 g/mol. The lowest BCUT2D eigenvalue weighted by molar-refractivity contribution is 0.0729. The zero-order chi connectivity index (χ0) is 14.7. The van der Waals surface area contributed by atoms with E-state index < -0.39 is 0 Å². The summed E-state index contributed by atoms with van der Waals surface area (Å²) in [4.78, 5) is 18.6. The van der Waals surface area contributed by atoms with E-state index in [1.54, 1.807) is 25.6 Å². The van der Waals surface area contributed by atoms with Crippen LogP contribution in [0.25, 0.3) is 0 Å². The molecule has 1 heterocycles. The number of pyridine rings is 1. The summed E-state index contributed by atoms with van der Waals surface area (Å²) in [6.07, 6.45) is 5.48. The molecule has 108 valence electrons. The van der Waals surface area contributed by atoms with Crippen LogP contribution in [0, 0.1) is 0 Å². The van der Waals surface area contributed by atoms with Gasteiger partial charge in [-0.3, -0.25) is 9.78 Å². The van der Waals surface area contributed by atoms with Crippen LogP contribution in [0.3, 0.4) is 0 Å². The van der Waals surface area contributed by atoms with Gasteiger partial charge in [-0.05, 0) is 42.7 Å². The highest BCUT2D eigenvalue weighted by Gasteiger charge is 2.33. The fourth-order valence-electron chi connectivity index (χ4n) is 2.34. The summed E-state index contributed by atoms with van der Waals surface area (Å²) < 4.78 is 5.16. The average molecular weight is 282 g/mol. The Morgan fingerprint density at radius 2 is 2.05 bits per heavy atom. The van der Waals surface area contributed by atoms with Gasteiger partial charge in [0.15, 0.2) is 0 Å². The maximum absolute atomic E-state index is 12.6. The SMILES string of the molecule is COc1ccc(CN(C(=O)c2cccnc2)C2CC2)cc1. The van der Waals surface area contributed by atoms with E-state index in [0.29, 0.717) is 18.2 Å². The molecule has 4 heteroatoms. The number of aromatic nitrogens is 1. The van der Waals surface area contributed by atoms with Crippen LogP contribution in [0.1, 0.15) is 28.8 Å². The Balaban J connectivity index is 1.77. The van der Waals surface area contributed by atoms with Gasteiger partial charge in [0.05, 0.1) is 12.7 Å². The van der Waals surface area contributed by atoms with Gasteiger partial charge < -0.3 is 9.64 Å². The first kappa shape index (κ1) is 13.6. The molecule has 1 fully saturated rings. The van der Waals surface area contributed by atoms with E-state index in [4.69, 9.17) is 4.74 Å². The van der Waals surface area contributed by atoms with E-state index in [-0.39, 0.29) is 5.91 Å². The normalized spacial score (nSPS) is 13.8. The molecule has 1 aromatic carbocycles. The number of carbonyl (C=O) groups is 1. The third-order valence-electron chi connectivity index (χ3n) is 3.67. The summed E-state index contributed by atoms with van der Waals surface area (Å²) in [7, 11) is 1.65. The van der Waals surface area contributed by atoms with Crippen molar-refractivity contribution in [1.29, 1.82) is 0 Å². The van der Waals surface area contributed by atoms with E-state index in [1.165, 1.54) is 0 Å². The second-order valence-electron chi connectivity index (χ2n) is 5.25. The minimum absolute atomic E-state index is 0.0569. The van der Waals surface area contributed by atoms with Crippen LogP contribution in [0.4, 0.5) is 0 Å². The van der Waals surface area contributed by atoms with Gasteiger partial charge in [-0.1, -0.05) is 12.1 Å². The van der Waals surface area contributed by atoms with Crippen LogP contribution < -0.4 is 4.74 Å². The van der Waals surface area contributed by atoms with E-state index in [0.717, 1.165) is 24.2 Å². The molecule has 0 aliphatic heterocycles. The fraction of sp³-hybridized carbons (Fsp3) is 0.294. The molecule has 21 heavy (non-hydrogen) atoms. The summed E-state index contributed by atoms with van der Waals surface area (Å²) in [5, 5.41) is 0. The standard InChI is InChI=1S/C17H18N2O2/c1-21-16-8-4-13(5-9-16)12-19(15-6-7-15)17(20)14-3-2-10-18-11-14/h2-5,8-11,15H,6-7,12H2,1H3. The van der Waals surface area contributed by atoms with Crippen molar-refractivity contribution < 1.29 is 9.53 Å². The smallest absolute Gasteiger partial charge is 0.255 e. The maximum atomic E-state index is 12.6. The predicted octanol–water partition coefficient (Wildman–Crippen LogP) is 2.90. The number of ether oxygens (including phenoxy) is 1. The Morgan fingerprint density at radius 1 is 1.29 bits per heavy atom. The molecule has 1 saturated carbocycles. The van der Waals surface area contributed by atoms with Crippen molar-refractivity contribution in [3.05, 3.63) is 59.9 Å². The van der Waals surface area contributed by atoms with Gasteiger partial charge in [-0.25, -0.2) is 0 Å². The van der Waals surface area contributed by atoms with Crippen LogP contribution in [0.2, 0.25) is 0 Å². The molecular formula is C17H18N2O2. The average Bonchev–Trinajstić information content (AvgIpc) is 3.38. The number of methoxy groups -OCH3 is 1. The van der Waals surface area contributed by atoms with Gasteiger partial charge in [0.2, 0.25) is 0 Å². The lowest BCUT2D eigenvalue weighted by atomic mass is 10.1. The third kappa shape index (κ3) is 3.21. The number of hydrogen-bond donors (Lipinski definition) is 0. The highest BCUT2D eigenvalue weighted by molar-refractivity contribution is 5.94. The molecule has 0 radical (unpaired) electrons. The largest absolute Gasteiger partial charge is 0.497 e. The molecule has 0 bridgehead atoms. The number of hydrogen-bond acceptors (Lipinski definition) is 3. The van der Waals surface area contributed by atoms with Gasteiger partial charge in [0, 0.05) is 25.0 Å². The number of carbonyl (C=O) groups excluding carboxylic acids is 1. The topological polar surface area (TPSA) is 42.4 Å². The zero-order valence-corrected chi connectivity index (χ0v) is 12.0. The van der Waals surface area contributed by atoms with E-state index >= 15 is 0 Å². The summed E-state index contributed by atoms with van der Waals surface area (Å²) in [6.45, 7) is 0.627. The van der Waals surface area contributed by atoms with Crippen LogP contribution in [-0.4, -0.2) is 28.9 Å². The predicted molar refractivity (Wildman–Crippen MR) is 80.1 cm³/mol. The lowest BCUT2D eigenvalue weighted by Gasteiger charge is -2.22. The maximum Gasteiger partial charge on any atom is 0.255 e. The van der Waals surface area contributed by atoms with Gasteiger partial charge in [0.25, 0.3) is 5.91 Å². The van der Waals surface area contributed by atoms with Crippen molar-refractivity contribution in [1.82, 2.24) is 9.88 Å². The Labute approximate surface area is 124 Å². The molecule has 1 aliphatic rings. The number of benzene rings is 1. The van der Waals surface area contributed by atoms with Crippen molar-refractivity contribution in [3.8, 4) is 5.75 Å². The molecule has 0 unspecified atom stereocenters. The highest BCUT2D eigenvalue weighted by atomic mass is 16.5.